The number of fused-ring (bicyclic) bond motifs is 1. The van der Waals surface area contributed by atoms with Gasteiger partial charge in [0, 0.05) is 44.8 Å². The molecule has 0 bridgehead atoms. The minimum Gasteiger partial charge on any atom is -0.389 e. The Kier molecular flexibility index (Phi) is 6.25. The fraction of sp³-hybridized carbons (Fsp3) is 0.450. The van der Waals surface area contributed by atoms with Gasteiger partial charge in [0.15, 0.2) is 5.65 Å². The molecular formula is C20H25ClN6O2. The molecule has 0 radical (unpaired) electrons. The third kappa shape index (κ3) is 4.67. The molecule has 0 spiro atoms. The quantitative estimate of drug-likeness (QED) is 0.628. The fourth-order valence-electron chi connectivity index (χ4n) is 3.62. The minimum absolute atomic E-state index is 0.285. The maximum atomic E-state index is 10.3. The molecule has 3 aromatic rings. The van der Waals surface area contributed by atoms with Gasteiger partial charge in [-0.25, -0.2) is 9.97 Å². The summed E-state index contributed by atoms with van der Waals surface area (Å²) in [4.78, 5) is 13.3. The van der Waals surface area contributed by atoms with Crippen molar-refractivity contribution in [3.05, 3.63) is 47.4 Å². The van der Waals surface area contributed by atoms with Crippen LogP contribution < -0.4 is 4.90 Å². The summed E-state index contributed by atoms with van der Waals surface area (Å²) in [6.45, 7) is 4.67. The number of aromatic nitrogens is 4. The molecule has 9 heteroatoms. The number of aryl methyl sites for hydroxylation is 1. The summed E-state index contributed by atoms with van der Waals surface area (Å²) in [6, 6.07) is 7.59. The van der Waals surface area contributed by atoms with Crippen LogP contribution in [0.4, 0.5) is 5.82 Å². The van der Waals surface area contributed by atoms with Crippen molar-refractivity contribution in [1.29, 1.82) is 0 Å². The van der Waals surface area contributed by atoms with E-state index in [0.717, 1.165) is 48.6 Å². The van der Waals surface area contributed by atoms with Gasteiger partial charge in [0.25, 0.3) is 0 Å². The van der Waals surface area contributed by atoms with E-state index < -0.39 is 6.10 Å². The molecule has 1 aromatic carbocycles. The highest BCUT2D eigenvalue weighted by atomic mass is 35.5. The van der Waals surface area contributed by atoms with E-state index in [4.69, 9.17) is 16.3 Å². The molecule has 2 aromatic heterocycles. The Morgan fingerprint density at radius 2 is 1.97 bits per heavy atom. The predicted molar refractivity (Wildman–Crippen MR) is 112 cm³/mol. The third-order valence-electron chi connectivity index (χ3n) is 5.17. The standard InChI is InChI=1S/C20H25ClN6O2/c1-25-19-17(10-24-25)20(23-14-22-19)27-8-6-26(7-9-27)11-16(28)13-29-12-15-4-2-3-5-18(15)21/h2-5,10,14,16,28H,6-9,11-13H2,1H3. The Hall–Kier alpha value is -2.26. The third-order valence-corrected chi connectivity index (χ3v) is 5.54. The van der Waals surface area contributed by atoms with Gasteiger partial charge in [0.1, 0.15) is 12.1 Å². The largest absolute Gasteiger partial charge is 0.389 e. The Labute approximate surface area is 174 Å². The summed E-state index contributed by atoms with van der Waals surface area (Å²) in [7, 11) is 1.88. The number of piperazine rings is 1. The van der Waals surface area contributed by atoms with Gasteiger partial charge < -0.3 is 14.7 Å². The molecule has 154 valence electrons. The van der Waals surface area contributed by atoms with Crippen molar-refractivity contribution in [1.82, 2.24) is 24.6 Å². The van der Waals surface area contributed by atoms with Crippen molar-refractivity contribution >= 4 is 28.5 Å². The average Bonchev–Trinajstić information content (AvgIpc) is 3.11. The number of β-amino-alcohol motifs (C(OH)–C–C–N with tert-alkyl or cyclic N) is 1. The molecule has 0 aliphatic carbocycles. The fourth-order valence-corrected chi connectivity index (χ4v) is 3.81. The van der Waals surface area contributed by atoms with Crippen molar-refractivity contribution in [2.45, 2.75) is 12.7 Å². The SMILES string of the molecule is Cn1ncc2c(N3CCN(CC(O)COCc4ccccc4Cl)CC3)ncnc21. The van der Waals surface area contributed by atoms with Crippen molar-refractivity contribution in [3.8, 4) is 0 Å². The average molecular weight is 417 g/mol. The molecule has 1 atom stereocenters. The molecule has 4 rings (SSSR count). The number of halogens is 1. The summed E-state index contributed by atoms with van der Waals surface area (Å²) in [5.74, 6) is 0.923. The van der Waals surface area contributed by atoms with Crippen molar-refractivity contribution in [2.75, 3.05) is 44.2 Å². The van der Waals surface area contributed by atoms with Crippen LogP contribution in [-0.2, 0) is 18.4 Å². The second-order valence-corrected chi connectivity index (χ2v) is 7.66. The summed E-state index contributed by atoms with van der Waals surface area (Å²) in [6.07, 6.45) is 2.87. The van der Waals surface area contributed by atoms with Crippen molar-refractivity contribution in [2.24, 2.45) is 7.05 Å². The Bertz CT molecular complexity index is 957. The van der Waals surface area contributed by atoms with Crippen LogP contribution in [0.2, 0.25) is 5.02 Å². The van der Waals surface area contributed by atoms with Crippen LogP contribution >= 0.6 is 11.6 Å². The number of aliphatic hydroxyl groups excluding tert-OH is 1. The van der Waals surface area contributed by atoms with E-state index in [1.165, 1.54) is 0 Å². The van der Waals surface area contributed by atoms with Crippen LogP contribution in [0.5, 0.6) is 0 Å². The van der Waals surface area contributed by atoms with Gasteiger partial charge in [-0.05, 0) is 11.6 Å². The van der Waals surface area contributed by atoms with Crippen molar-refractivity contribution in [3.63, 3.8) is 0 Å². The van der Waals surface area contributed by atoms with Crippen LogP contribution in [0.15, 0.2) is 36.8 Å². The number of benzene rings is 1. The first-order valence-corrected chi connectivity index (χ1v) is 10.1. The Morgan fingerprint density at radius 1 is 1.17 bits per heavy atom. The molecule has 29 heavy (non-hydrogen) atoms. The predicted octanol–water partition coefficient (Wildman–Crippen LogP) is 1.72. The molecular weight excluding hydrogens is 392 g/mol. The lowest BCUT2D eigenvalue weighted by molar-refractivity contribution is 0.00915. The Balaban J connectivity index is 1.25. The van der Waals surface area contributed by atoms with Gasteiger partial charge in [-0.15, -0.1) is 0 Å². The van der Waals surface area contributed by atoms with Gasteiger partial charge in [-0.2, -0.15) is 5.10 Å². The van der Waals surface area contributed by atoms with Crippen LogP contribution in [-0.4, -0.2) is 75.2 Å². The highest BCUT2D eigenvalue weighted by molar-refractivity contribution is 6.31. The first kappa shape index (κ1) is 20.0. The summed E-state index contributed by atoms with van der Waals surface area (Å²) in [5, 5.41) is 16.3. The second-order valence-electron chi connectivity index (χ2n) is 7.25. The highest BCUT2D eigenvalue weighted by Crippen LogP contribution is 2.23. The van der Waals surface area contributed by atoms with Gasteiger partial charge in [0.05, 0.1) is 30.9 Å². The van der Waals surface area contributed by atoms with E-state index in [0.29, 0.717) is 18.2 Å². The number of aliphatic hydroxyl groups is 1. The summed E-state index contributed by atoms with van der Waals surface area (Å²) in [5.41, 5.74) is 1.77. The minimum atomic E-state index is -0.534. The molecule has 1 unspecified atom stereocenters. The van der Waals surface area contributed by atoms with E-state index >= 15 is 0 Å². The van der Waals surface area contributed by atoms with Crippen LogP contribution in [0.25, 0.3) is 11.0 Å². The molecule has 1 aliphatic rings. The number of anilines is 1. The second kappa shape index (κ2) is 9.04. The topological polar surface area (TPSA) is 79.5 Å². The van der Waals surface area contributed by atoms with E-state index in [-0.39, 0.29) is 6.61 Å². The highest BCUT2D eigenvalue weighted by Gasteiger charge is 2.22. The molecule has 1 N–H and O–H groups in total. The van der Waals surface area contributed by atoms with Gasteiger partial charge in [-0.1, -0.05) is 29.8 Å². The molecule has 0 saturated carbocycles. The van der Waals surface area contributed by atoms with Gasteiger partial charge in [0.2, 0.25) is 0 Å². The lowest BCUT2D eigenvalue weighted by Gasteiger charge is -2.36. The number of rotatable bonds is 7. The molecule has 0 amide bonds. The number of nitrogens with zero attached hydrogens (tertiary/aromatic N) is 6. The lowest BCUT2D eigenvalue weighted by Crippen LogP contribution is -2.49. The van der Waals surface area contributed by atoms with Crippen LogP contribution in [0.1, 0.15) is 5.56 Å². The maximum Gasteiger partial charge on any atom is 0.163 e. The molecule has 8 nitrogen and oxygen atoms in total. The first-order chi connectivity index (χ1) is 14.1. The zero-order valence-electron chi connectivity index (χ0n) is 16.4. The summed E-state index contributed by atoms with van der Waals surface area (Å²) < 4.78 is 7.41. The van der Waals surface area contributed by atoms with E-state index in [1.54, 1.807) is 11.0 Å². The van der Waals surface area contributed by atoms with E-state index in [9.17, 15) is 5.11 Å². The molecule has 1 aliphatic heterocycles. The normalized spacial score (nSPS) is 16.4. The van der Waals surface area contributed by atoms with E-state index in [2.05, 4.69) is 24.9 Å². The zero-order chi connectivity index (χ0) is 20.2. The van der Waals surface area contributed by atoms with Gasteiger partial charge >= 0.3 is 0 Å². The van der Waals surface area contributed by atoms with Crippen LogP contribution in [0.3, 0.4) is 0 Å². The smallest absolute Gasteiger partial charge is 0.163 e. The number of hydrogen-bond acceptors (Lipinski definition) is 7. The molecule has 1 fully saturated rings. The number of hydrogen-bond donors (Lipinski definition) is 1. The molecule has 3 heterocycles. The zero-order valence-corrected chi connectivity index (χ0v) is 17.2. The Morgan fingerprint density at radius 3 is 2.76 bits per heavy atom. The van der Waals surface area contributed by atoms with Crippen LogP contribution in [0, 0.1) is 0 Å². The van der Waals surface area contributed by atoms with Gasteiger partial charge in [-0.3, -0.25) is 9.58 Å². The summed E-state index contributed by atoms with van der Waals surface area (Å²) >= 11 is 6.13. The monoisotopic (exact) mass is 416 g/mol. The molecule has 1 saturated heterocycles. The van der Waals surface area contributed by atoms with Crippen molar-refractivity contribution < 1.29 is 9.84 Å². The van der Waals surface area contributed by atoms with E-state index in [1.807, 2.05) is 37.5 Å². The number of ether oxygens (including phenoxy) is 1. The first-order valence-electron chi connectivity index (χ1n) is 9.71. The maximum absolute atomic E-state index is 10.3. The lowest BCUT2D eigenvalue weighted by atomic mass is 10.2.